The number of ether oxygens (including phenoxy) is 2. The Hall–Kier alpha value is -1.32. The summed E-state index contributed by atoms with van der Waals surface area (Å²) < 4.78 is 38.9. The average Bonchev–Trinajstić information content (AvgIpc) is 2.98. The molecule has 0 radical (unpaired) electrons. The third-order valence-corrected chi connectivity index (χ3v) is 4.97. The van der Waals surface area contributed by atoms with Gasteiger partial charge in [0.1, 0.15) is 0 Å². The highest BCUT2D eigenvalue weighted by atomic mass is 19.2. The molecule has 1 aromatic rings. The third-order valence-electron chi connectivity index (χ3n) is 4.97. The first-order valence-corrected chi connectivity index (χ1v) is 8.47. The topological polar surface area (TPSA) is 18.5 Å². The van der Waals surface area contributed by atoms with E-state index in [0.717, 1.165) is 19.3 Å². The molecule has 0 aliphatic heterocycles. The van der Waals surface area contributed by atoms with Crippen LogP contribution in [0, 0.1) is 23.5 Å². The first-order chi connectivity index (χ1) is 10.7. The molecule has 0 unspecified atom stereocenters. The second-order valence-corrected chi connectivity index (χ2v) is 6.59. The average molecular weight is 310 g/mol. The summed E-state index contributed by atoms with van der Waals surface area (Å²) in [6.45, 7) is 0.918. The molecule has 2 fully saturated rings. The summed E-state index contributed by atoms with van der Waals surface area (Å²) in [6.07, 6.45) is 9.31. The van der Waals surface area contributed by atoms with Crippen LogP contribution in [0.3, 0.4) is 0 Å². The van der Waals surface area contributed by atoms with E-state index in [0.29, 0.717) is 25.0 Å². The maximum Gasteiger partial charge on any atom is 0.204 e. The highest BCUT2D eigenvalue weighted by Crippen LogP contribution is 2.32. The molecule has 0 N–H and O–H groups in total. The lowest BCUT2D eigenvalue weighted by Gasteiger charge is -2.25. The Morgan fingerprint density at radius 3 is 2.00 bits per heavy atom. The highest BCUT2D eigenvalue weighted by molar-refractivity contribution is 5.35. The molecule has 2 saturated carbocycles. The van der Waals surface area contributed by atoms with Crippen molar-refractivity contribution < 1.29 is 18.3 Å². The van der Waals surface area contributed by atoms with Crippen molar-refractivity contribution in [3.63, 3.8) is 0 Å². The summed E-state index contributed by atoms with van der Waals surface area (Å²) in [4.78, 5) is 0. The van der Waals surface area contributed by atoms with E-state index in [4.69, 9.17) is 9.47 Å². The Kier molecular flexibility index (Phi) is 5.16. The fraction of sp³-hybridized carbons (Fsp3) is 0.667. The Labute approximate surface area is 130 Å². The molecule has 0 amide bonds. The number of rotatable bonds is 7. The summed E-state index contributed by atoms with van der Waals surface area (Å²) >= 11 is 0. The molecule has 122 valence electrons. The molecule has 0 aromatic heterocycles. The molecule has 0 spiro atoms. The minimum atomic E-state index is -0.933. The molecule has 2 aliphatic rings. The standard InChI is InChI=1S/C18H24F2O2/c19-17-15(21-11-10-13-6-3-7-13)8-9-16(18(17)20)22-12-14-4-1-2-5-14/h8-9,13-14H,1-7,10-12H2. The second kappa shape index (κ2) is 7.30. The lowest BCUT2D eigenvalue weighted by atomic mass is 9.83. The van der Waals surface area contributed by atoms with Gasteiger partial charge in [-0.3, -0.25) is 0 Å². The Bertz CT molecular complexity index is 494. The largest absolute Gasteiger partial charge is 0.490 e. The Morgan fingerprint density at radius 1 is 0.818 bits per heavy atom. The molecule has 1 aromatic carbocycles. The number of halogens is 2. The number of hydrogen-bond acceptors (Lipinski definition) is 2. The lowest BCUT2D eigenvalue weighted by molar-refractivity contribution is 0.211. The van der Waals surface area contributed by atoms with Crippen molar-refractivity contribution in [3.05, 3.63) is 23.8 Å². The Morgan fingerprint density at radius 2 is 1.41 bits per heavy atom. The van der Waals surface area contributed by atoms with Crippen molar-refractivity contribution in [3.8, 4) is 11.5 Å². The van der Waals surface area contributed by atoms with Crippen molar-refractivity contribution in [1.29, 1.82) is 0 Å². The van der Waals surface area contributed by atoms with Crippen LogP contribution in [-0.4, -0.2) is 13.2 Å². The minimum absolute atomic E-state index is 0.00394. The van der Waals surface area contributed by atoms with Crippen molar-refractivity contribution in [2.75, 3.05) is 13.2 Å². The van der Waals surface area contributed by atoms with Crippen LogP contribution in [-0.2, 0) is 0 Å². The van der Waals surface area contributed by atoms with Gasteiger partial charge in [-0.25, -0.2) is 0 Å². The summed E-state index contributed by atoms with van der Waals surface area (Å²) in [5.74, 6) is -0.708. The second-order valence-electron chi connectivity index (χ2n) is 6.59. The van der Waals surface area contributed by atoms with Crippen LogP contribution in [0.5, 0.6) is 11.5 Å². The summed E-state index contributed by atoms with van der Waals surface area (Å²) in [6, 6.07) is 2.95. The van der Waals surface area contributed by atoms with Crippen molar-refractivity contribution in [2.24, 2.45) is 11.8 Å². The lowest BCUT2D eigenvalue weighted by Crippen LogP contribution is -2.15. The zero-order chi connectivity index (χ0) is 15.4. The molecule has 2 aliphatic carbocycles. The minimum Gasteiger partial charge on any atom is -0.490 e. The predicted octanol–water partition coefficient (Wildman–Crippen LogP) is 5.10. The predicted molar refractivity (Wildman–Crippen MR) is 81.3 cm³/mol. The van der Waals surface area contributed by atoms with Crippen LogP contribution in [0.15, 0.2) is 12.1 Å². The van der Waals surface area contributed by atoms with E-state index in [2.05, 4.69) is 0 Å². The molecule has 4 heteroatoms. The van der Waals surface area contributed by atoms with Crippen LogP contribution in [0.25, 0.3) is 0 Å². The highest BCUT2D eigenvalue weighted by Gasteiger charge is 2.20. The van der Waals surface area contributed by atoms with Crippen LogP contribution in [0.4, 0.5) is 8.78 Å². The van der Waals surface area contributed by atoms with E-state index in [1.807, 2.05) is 0 Å². The quantitative estimate of drug-likeness (QED) is 0.697. The van der Waals surface area contributed by atoms with Gasteiger partial charge in [0.05, 0.1) is 13.2 Å². The van der Waals surface area contributed by atoms with E-state index in [-0.39, 0.29) is 11.5 Å². The van der Waals surface area contributed by atoms with Gasteiger partial charge in [-0.15, -0.1) is 0 Å². The molecular formula is C18H24F2O2. The maximum atomic E-state index is 14.0. The molecule has 22 heavy (non-hydrogen) atoms. The van der Waals surface area contributed by atoms with Gasteiger partial charge in [-0.05, 0) is 43.2 Å². The fourth-order valence-electron chi connectivity index (χ4n) is 3.24. The summed E-state index contributed by atoms with van der Waals surface area (Å²) in [7, 11) is 0. The molecule has 0 atom stereocenters. The monoisotopic (exact) mass is 310 g/mol. The van der Waals surface area contributed by atoms with E-state index in [1.165, 1.54) is 44.2 Å². The van der Waals surface area contributed by atoms with Crippen LogP contribution >= 0.6 is 0 Å². The third kappa shape index (κ3) is 3.71. The first-order valence-electron chi connectivity index (χ1n) is 8.47. The van der Waals surface area contributed by atoms with Gasteiger partial charge >= 0.3 is 0 Å². The smallest absolute Gasteiger partial charge is 0.204 e. The zero-order valence-electron chi connectivity index (χ0n) is 13.0. The summed E-state index contributed by atoms with van der Waals surface area (Å²) in [5.41, 5.74) is 0. The SMILES string of the molecule is Fc1c(OCCC2CCC2)ccc(OCC2CCCC2)c1F. The van der Waals surface area contributed by atoms with Crippen molar-refractivity contribution in [1.82, 2.24) is 0 Å². The maximum absolute atomic E-state index is 14.0. The fourth-order valence-corrected chi connectivity index (χ4v) is 3.24. The molecule has 3 rings (SSSR count). The van der Waals surface area contributed by atoms with E-state index in [9.17, 15) is 8.78 Å². The van der Waals surface area contributed by atoms with E-state index < -0.39 is 11.6 Å². The number of hydrogen-bond donors (Lipinski definition) is 0. The van der Waals surface area contributed by atoms with Gasteiger partial charge in [0.15, 0.2) is 11.5 Å². The van der Waals surface area contributed by atoms with Crippen LogP contribution in [0.2, 0.25) is 0 Å². The van der Waals surface area contributed by atoms with Crippen molar-refractivity contribution >= 4 is 0 Å². The van der Waals surface area contributed by atoms with Gasteiger partial charge in [0, 0.05) is 0 Å². The molecule has 2 nitrogen and oxygen atoms in total. The van der Waals surface area contributed by atoms with Crippen LogP contribution < -0.4 is 9.47 Å². The van der Waals surface area contributed by atoms with Crippen molar-refractivity contribution in [2.45, 2.75) is 51.4 Å². The number of benzene rings is 1. The van der Waals surface area contributed by atoms with Crippen LogP contribution in [0.1, 0.15) is 51.4 Å². The normalized spacial score (nSPS) is 19.2. The molecular weight excluding hydrogens is 286 g/mol. The summed E-state index contributed by atoms with van der Waals surface area (Å²) in [5, 5.41) is 0. The van der Waals surface area contributed by atoms with Gasteiger partial charge in [0.2, 0.25) is 11.6 Å². The van der Waals surface area contributed by atoms with E-state index >= 15 is 0 Å². The van der Waals surface area contributed by atoms with Gasteiger partial charge in [-0.2, -0.15) is 8.78 Å². The zero-order valence-corrected chi connectivity index (χ0v) is 13.0. The first kappa shape index (κ1) is 15.6. The van der Waals surface area contributed by atoms with E-state index in [1.54, 1.807) is 0 Å². The van der Waals surface area contributed by atoms with Gasteiger partial charge in [-0.1, -0.05) is 32.1 Å². The molecule has 0 heterocycles. The molecule has 0 bridgehead atoms. The molecule has 0 saturated heterocycles. The Balaban J connectivity index is 1.52. The van der Waals surface area contributed by atoms with Gasteiger partial charge in [0.25, 0.3) is 0 Å². The van der Waals surface area contributed by atoms with Gasteiger partial charge < -0.3 is 9.47 Å².